The van der Waals surface area contributed by atoms with Crippen LogP contribution in [0.5, 0.6) is 0 Å². The number of ether oxygens (including phenoxy) is 1. The van der Waals surface area contributed by atoms with E-state index < -0.39 is 15.9 Å². The highest BCUT2D eigenvalue weighted by molar-refractivity contribution is 7.90. The first-order valence-electron chi connectivity index (χ1n) is 8.76. The molecule has 2 aliphatic rings. The highest BCUT2D eigenvalue weighted by Gasteiger charge is 2.43. The highest BCUT2D eigenvalue weighted by Crippen LogP contribution is 2.32. The number of hydrogen-bond donors (Lipinski definition) is 2. The van der Waals surface area contributed by atoms with Crippen LogP contribution in [0, 0.1) is 0 Å². The van der Waals surface area contributed by atoms with Crippen LogP contribution >= 0.6 is 12.4 Å². The molecule has 0 aliphatic carbocycles. The summed E-state index contributed by atoms with van der Waals surface area (Å²) in [6, 6.07) is 4.15. The molecule has 0 radical (unpaired) electrons. The standard InChI is InChI=1S/C17H23N3O5S.ClH/c18-7-1-2-8-19-16(21)12-5-6-14-15(10-12)26(23,24)20(17(14)22)11-13-4-3-9-25-13;/h5-6,10,13H,1-4,7-9,11,18H2,(H,19,21);1H. The van der Waals surface area contributed by atoms with E-state index in [4.69, 9.17) is 10.5 Å². The molecular formula is C17H24ClN3O5S. The average Bonchev–Trinajstić information content (AvgIpc) is 3.20. The molecule has 1 aromatic carbocycles. The summed E-state index contributed by atoms with van der Waals surface area (Å²) in [5.41, 5.74) is 5.72. The molecule has 0 aromatic heterocycles. The molecule has 150 valence electrons. The number of nitrogens with two attached hydrogens (primary N) is 1. The summed E-state index contributed by atoms with van der Waals surface area (Å²) in [7, 11) is -3.96. The van der Waals surface area contributed by atoms with E-state index in [1.54, 1.807) is 0 Å². The third-order valence-electron chi connectivity index (χ3n) is 4.58. The molecule has 3 rings (SSSR count). The van der Waals surface area contributed by atoms with Crippen molar-refractivity contribution in [2.45, 2.75) is 36.7 Å². The Hall–Kier alpha value is -1.68. The Bertz CT molecular complexity index is 809. The molecule has 10 heteroatoms. The minimum atomic E-state index is -3.96. The van der Waals surface area contributed by atoms with Crippen LogP contribution < -0.4 is 11.1 Å². The van der Waals surface area contributed by atoms with Gasteiger partial charge in [-0.15, -0.1) is 12.4 Å². The van der Waals surface area contributed by atoms with E-state index in [1.807, 2.05) is 0 Å². The van der Waals surface area contributed by atoms with E-state index in [-0.39, 0.29) is 47.0 Å². The zero-order chi connectivity index (χ0) is 18.7. The summed E-state index contributed by atoms with van der Waals surface area (Å²) < 4.78 is 31.8. The lowest BCUT2D eigenvalue weighted by Gasteiger charge is -2.18. The zero-order valence-corrected chi connectivity index (χ0v) is 16.5. The van der Waals surface area contributed by atoms with E-state index in [1.165, 1.54) is 18.2 Å². The first-order valence-corrected chi connectivity index (χ1v) is 10.2. The number of amides is 2. The second kappa shape index (κ2) is 9.01. The Labute approximate surface area is 164 Å². The van der Waals surface area contributed by atoms with Gasteiger partial charge in [0.1, 0.15) is 4.90 Å². The van der Waals surface area contributed by atoms with Crippen molar-refractivity contribution in [1.82, 2.24) is 9.62 Å². The van der Waals surface area contributed by atoms with Crippen molar-refractivity contribution in [3.8, 4) is 0 Å². The lowest BCUT2D eigenvalue weighted by atomic mass is 10.1. The third kappa shape index (κ3) is 4.43. The van der Waals surface area contributed by atoms with Gasteiger partial charge in [0.15, 0.2) is 0 Å². The predicted molar refractivity (Wildman–Crippen MR) is 102 cm³/mol. The predicted octanol–water partition coefficient (Wildman–Crippen LogP) is 0.901. The van der Waals surface area contributed by atoms with E-state index in [0.29, 0.717) is 19.7 Å². The first-order chi connectivity index (χ1) is 12.4. The van der Waals surface area contributed by atoms with E-state index in [9.17, 15) is 18.0 Å². The average molecular weight is 418 g/mol. The fraction of sp³-hybridized carbons (Fsp3) is 0.529. The van der Waals surface area contributed by atoms with Gasteiger partial charge in [-0.05, 0) is 50.4 Å². The fourth-order valence-corrected chi connectivity index (χ4v) is 4.77. The normalized spacial score (nSPS) is 20.3. The van der Waals surface area contributed by atoms with Crippen LogP contribution in [-0.4, -0.2) is 56.9 Å². The fourth-order valence-electron chi connectivity index (χ4n) is 3.14. The van der Waals surface area contributed by atoms with Crippen LogP contribution in [0.25, 0.3) is 0 Å². The van der Waals surface area contributed by atoms with Crippen molar-refractivity contribution < 1.29 is 22.7 Å². The summed E-state index contributed by atoms with van der Waals surface area (Å²) in [5, 5.41) is 2.73. The smallest absolute Gasteiger partial charge is 0.269 e. The van der Waals surface area contributed by atoms with Crippen molar-refractivity contribution >= 4 is 34.2 Å². The van der Waals surface area contributed by atoms with Crippen molar-refractivity contribution in [3.05, 3.63) is 29.3 Å². The number of carbonyl (C=O) groups is 2. The van der Waals surface area contributed by atoms with Crippen molar-refractivity contribution in [2.24, 2.45) is 5.73 Å². The number of sulfonamides is 1. The Morgan fingerprint density at radius 3 is 2.78 bits per heavy atom. The number of nitrogens with one attached hydrogen (secondary N) is 1. The number of halogens is 1. The molecule has 8 nitrogen and oxygen atoms in total. The monoisotopic (exact) mass is 417 g/mol. The number of rotatable bonds is 7. The van der Waals surface area contributed by atoms with Crippen molar-refractivity contribution in [2.75, 3.05) is 26.2 Å². The number of fused-ring (bicyclic) bond motifs is 1. The third-order valence-corrected chi connectivity index (χ3v) is 6.37. The van der Waals surface area contributed by atoms with Gasteiger partial charge < -0.3 is 15.8 Å². The molecule has 2 heterocycles. The number of carbonyl (C=O) groups excluding carboxylic acids is 2. The quantitative estimate of drug-likeness (QED) is 0.636. The number of benzene rings is 1. The number of unbranched alkanes of at least 4 members (excludes halogenated alkanes) is 1. The molecule has 3 N–H and O–H groups in total. The summed E-state index contributed by atoms with van der Waals surface area (Å²) in [4.78, 5) is 24.6. The topological polar surface area (TPSA) is 119 Å². The maximum Gasteiger partial charge on any atom is 0.269 e. The van der Waals surface area contributed by atoms with E-state index in [0.717, 1.165) is 30.0 Å². The summed E-state index contributed by atoms with van der Waals surface area (Å²) >= 11 is 0. The largest absolute Gasteiger partial charge is 0.376 e. The van der Waals surface area contributed by atoms with Crippen LogP contribution in [0.15, 0.2) is 23.1 Å². The molecule has 2 amide bonds. The lowest BCUT2D eigenvalue weighted by Crippen LogP contribution is -2.36. The molecule has 1 unspecified atom stereocenters. The second-order valence-electron chi connectivity index (χ2n) is 6.44. The molecule has 1 saturated heterocycles. The minimum absolute atomic E-state index is 0. The SMILES string of the molecule is Cl.NCCCCNC(=O)c1ccc2c(c1)S(=O)(=O)N(CC1CCCO1)C2=O. The Morgan fingerprint density at radius 1 is 1.33 bits per heavy atom. The molecule has 2 aliphatic heterocycles. The molecule has 0 spiro atoms. The van der Waals surface area contributed by atoms with Crippen LogP contribution in [-0.2, 0) is 14.8 Å². The second-order valence-corrected chi connectivity index (χ2v) is 8.27. The highest BCUT2D eigenvalue weighted by atomic mass is 35.5. The summed E-state index contributed by atoms with van der Waals surface area (Å²) in [6.07, 6.45) is 2.86. The van der Waals surface area contributed by atoms with Crippen molar-refractivity contribution in [1.29, 1.82) is 0 Å². The summed E-state index contributed by atoms with van der Waals surface area (Å²) in [6.45, 7) is 1.60. The molecule has 0 saturated carbocycles. The first kappa shape index (κ1) is 21.6. The van der Waals surface area contributed by atoms with Gasteiger partial charge >= 0.3 is 0 Å². The molecule has 27 heavy (non-hydrogen) atoms. The molecule has 1 atom stereocenters. The Balaban J connectivity index is 0.00000261. The summed E-state index contributed by atoms with van der Waals surface area (Å²) in [5.74, 6) is -0.935. The van der Waals surface area contributed by atoms with Crippen LogP contribution in [0.1, 0.15) is 46.4 Å². The molecule has 1 fully saturated rings. The van der Waals surface area contributed by atoms with Crippen molar-refractivity contribution in [3.63, 3.8) is 0 Å². The van der Waals surface area contributed by atoms with E-state index in [2.05, 4.69) is 5.32 Å². The molecular weight excluding hydrogens is 394 g/mol. The van der Waals surface area contributed by atoms with Crippen LogP contribution in [0.4, 0.5) is 0 Å². The Morgan fingerprint density at radius 2 is 2.11 bits per heavy atom. The maximum atomic E-state index is 12.8. The van der Waals surface area contributed by atoms with Gasteiger partial charge in [0.25, 0.3) is 21.8 Å². The van der Waals surface area contributed by atoms with Gasteiger partial charge in [0.2, 0.25) is 0 Å². The van der Waals surface area contributed by atoms with Gasteiger partial charge in [0, 0.05) is 18.7 Å². The zero-order valence-electron chi connectivity index (χ0n) is 14.8. The van der Waals surface area contributed by atoms with Gasteiger partial charge in [-0.1, -0.05) is 0 Å². The molecule has 0 bridgehead atoms. The number of nitrogens with zero attached hydrogens (tertiary/aromatic N) is 1. The lowest BCUT2D eigenvalue weighted by molar-refractivity contribution is 0.0707. The molecule has 1 aromatic rings. The van der Waals surface area contributed by atoms with Gasteiger partial charge in [-0.3, -0.25) is 9.59 Å². The van der Waals surface area contributed by atoms with Crippen LogP contribution in [0.2, 0.25) is 0 Å². The van der Waals surface area contributed by atoms with Crippen LogP contribution in [0.3, 0.4) is 0 Å². The van der Waals surface area contributed by atoms with E-state index >= 15 is 0 Å². The van der Waals surface area contributed by atoms with Gasteiger partial charge in [0.05, 0.1) is 18.2 Å². The van der Waals surface area contributed by atoms with Gasteiger partial charge in [-0.2, -0.15) is 0 Å². The minimum Gasteiger partial charge on any atom is -0.376 e. The van der Waals surface area contributed by atoms with Gasteiger partial charge in [-0.25, -0.2) is 12.7 Å². The maximum absolute atomic E-state index is 12.8. The Kier molecular flexibility index (Phi) is 7.21. The number of hydrogen-bond acceptors (Lipinski definition) is 6.